The average Bonchev–Trinajstić information content (AvgIpc) is 2.26. The van der Waals surface area contributed by atoms with Crippen molar-refractivity contribution in [2.45, 2.75) is 26.7 Å². The van der Waals surface area contributed by atoms with Gasteiger partial charge in [0.2, 0.25) is 0 Å². The van der Waals surface area contributed by atoms with E-state index in [1.165, 1.54) is 0 Å². The summed E-state index contributed by atoms with van der Waals surface area (Å²) in [5.74, 6) is 1.22. The maximum atomic E-state index is 6.17. The van der Waals surface area contributed by atoms with Crippen molar-refractivity contribution < 1.29 is 0 Å². The molecule has 0 aliphatic heterocycles. The van der Waals surface area contributed by atoms with Crippen LogP contribution in [0.5, 0.6) is 0 Å². The number of nitrogens with zero attached hydrogens (tertiary/aromatic N) is 2. The number of hydrogen-bond donors (Lipinski definition) is 1. The Labute approximate surface area is 122 Å². The Morgan fingerprint density at radius 3 is 2.16 bits per heavy atom. The second-order valence-electron chi connectivity index (χ2n) is 4.68. The lowest BCUT2D eigenvalue weighted by Crippen LogP contribution is -2.07. The minimum Gasteiger partial charge on any atom is -0.383 e. The van der Waals surface area contributed by atoms with Gasteiger partial charge in [-0.3, -0.25) is 0 Å². The largest absolute Gasteiger partial charge is 0.383 e. The van der Waals surface area contributed by atoms with E-state index in [1.54, 1.807) is 18.2 Å². The first-order valence-corrected chi connectivity index (χ1v) is 6.75. The fraction of sp³-hybridized carbons (Fsp3) is 0.286. The molecule has 0 saturated carbocycles. The van der Waals surface area contributed by atoms with Gasteiger partial charge in [0.05, 0.1) is 15.6 Å². The second-order valence-corrected chi connectivity index (χ2v) is 5.50. The summed E-state index contributed by atoms with van der Waals surface area (Å²) in [7, 11) is 0. The first-order chi connectivity index (χ1) is 8.91. The summed E-state index contributed by atoms with van der Waals surface area (Å²) in [4.78, 5) is 8.83. The van der Waals surface area contributed by atoms with Crippen LogP contribution in [0.15, 0.2) is 18.2 Å². The van der Waals surface area contributed by atoms with E-state index >= 15 is 0 Å². The molecule has 0 unspecified atom stereocenters. The molecule has 19 heavy (non-hydrogen) atoms. The Bertz CT molecular complexity index is 581. The highest BCUT2D eigenvalue weighted by Crippen LogP contribution is 2.34. The molecule has 0 amide bonds. The van der Waals surface area contributed by atoms with Crippen LogP contribution in [0.1, 0.15) is 31.0 Å². The lowest BCUT2D eigenvalue weighted by atomic mass is 10.0. The number of aryl methyl sites for hydroxylation is 1. The number of rotatable bonds is 2. The van der Waals surface area contributed by atoms with Crippen molar-refractivity contribution in [1.82, 2.24) is 9.97 Å². The molecule has 2 N–H and O–H groups in total. The van der Waals surface area contributed by atoms with Crippen LogP contribution in [-0.4, -0.2) is 9.97 Å². The van der Waals surface area contributed by atoms with E-state index in [2.05, 4.69) is 23.8 Å². The third-order valence-corrected chi connectivity index (χ3v) is 3.56. The first-order valence-electron chi connectivity index (χ1n) is 6.00. The Balaban J connectivity index is 2.66. The molecule has 0 bridgehead atoms. The first kappa shape index (κ1) is 14.1. The van der Waals surface area contributed by atoms with Gasteiger partial charge in [-0.2, -0.15) is 0 Å². The van der Waals surface area contributed by atoms with Crippen molar-refractivity contribution in [2.75, 3.05) is 5.73 Å². The van der Waals surface area contributed by atoms with Crippen LogP contribution in [0.2, 0.25) is 10.0 Å². The van der Waals surface area contributed by atoms with Gasteiger partial charge in [-0.05, 0) is 25.0 Å². The molecule has 2 rings (SSSR count). The highest BCUT2D eigenvalue weighted by molar-refractivity contribution is 6.38. The fourth-order valence-corrected chi connectivity index (χ4v) is 2.71. The summed E-state index contributed by atoms with van der Waals surface area (Å²) in [6.07, 6.45) is 0. The van der Waals surface area contributed by atoms with Crippen LogP contribution in [0.4, 0.5) is 5.82 Å². The SMILES string of the molecule is Cc1nc(-c2c(Cl)cccc2Cl)nc(N)c1C(C)C. The van der Waals surface area contributed by atoms with Gasteiger partial charge in [-0.15, -0.1) is 0 Å². The van der Waals surface area contributed by atoms with E-state index < -0.39 is 0 Å². The van der Waals surface area contributed by atoms with Gasteiger partial charge < -0.3 is 5.73 Å². The molecular weight excluding hydrogens is 281 g/mol. The van der Waals surface area contributed by atoms with E-state index in [0.29, 0.717) is 27.3 Å². The van der Waals surface area contributed by atoms with Gasteiger partial charge in [-0.1, -0.05) is 43.1 Å². The van der Waals surface area contributed by atoms with Gasteiger partial charge in [0.15, 0.2) is 5.82 Å². The Kier molecular flexibility index (Phi) is 3.97. The molecule has 0 atom stereocenters. The summed E-state index contributed by atoms with van der Waals surface area (Å²) in [6.45, 7) is 6.04. The summed E-state index contributed by atoms with van der Waals surface area (Å²) in [6, 6.07) is 5.30. The van der Waals surface area contributed by atoms with Crippen LogP contribution < -0.4 is 5.73 Å². The molecule has 0 saturated heterocycles. The maximum absolute atomic E-state index is 6.17. The third kappa shape index (κ3) is 2.67. The van der Waals surface area contributed by atoms with Crippen LogP contribution in [0.25, 0.3) is 11.4 Å². The van der Waals surface area contributed by atoms with E-state index in [4.69, 9.17) is 28.9 Å². The smallest absolute Gasteiger partial charge is 0.164 e. The van der Waals surface area contributed by atoms with E-state index in [-0.39, 0.29) is 5.92 Å². The maximum Gasteiger partial charge on any atom is 0.164 e. The fourth-order valence-electron chi connectivity index (χ4n) is 2.14. The van der Waals surface area contributed by atoms with Crippen molar-refractivity contribution in [3.8, 4) is 11.4 Å². The minimum atomic E-state index is 0.274. The van der Waals surface area contributed by atoms with E-state index in [0.717, 1.165) is 11.3 Å². The highest BCUT2D eigenvalue weighted by Gasteiger charge is 2.16. The standard InChI is InChI=1S/C14H15Cl2N3/c1-7(2)11-8(3)18-14(19-13(11)17)12-9(15)5-4-6-10(12)16/h4-7H,1-3H3,(H2,17,18,19). The number of halogens is 2. The number of nitrogens with two attached hydrogens (primary N) is 1. The van der Waals surface area contributed by atoms with Crippen LogP contribution in [0.3, 0.4) is 0 Å². The monoisotopic (exact) mass is 295 g/mol. The number of hydrogen-bond acceptors (Lipinski definition) is 3. The van der Waals surface area contributed by atoms with E-state index in [9.17, 15) is 0 Å². The highest BCUT2D eigenvalue weighted by atomic mass is 35.5. The Hall–Kier alpha value is -1.32. The topological polar surface area (TPSA) is 51.8 Å². The number of anilines is 1. The van der Waals surface area contributed by atoms with Crippen LogP contribution in [0, 0.1) is 6.92 Å². The van der Waals surface area contributed by atoms with E-state index in [1.807, 2.05) is 6.92 Å². The van der Waals surface area contributed by atoms with Gasteiger partial charge in [0.25, 0.3) is 0 Å². The summed E-state index contributed by atoms with van der Waals surface area (Å²) in [5, 5.41) is 1.03. The lowest BCUT2D eigenvalue weighted by Gasteiger charge is -2.14. The van der Waals surface area contributed by atoms with Crippen molar-refractivity contribution >= 4 is 29.0 Å². The van der Waals surface area contributed by atoms with Crippen LogP contribution >= 0.6 is 23.2 Å². The van der Waals surface area contributed by atoms with Gasteiger partial charge in [0, 0.05) is 11.3 Å². The quantitative estimate of drug-likeness (QED) is 0.889. The molecule has 1 aromatic carbocycles. The molecule has 0 aliphatic rings. The molecule has 100 valence electrons. The van der Waals surface area contributed by atoms with Crippen molar-refractivity contribution in [2.24, 2.45) is 0 Å². The van der Waals surface area contributed by atoms with Gasteiger partial charge in [0.1, 0.15) is 5.82 Å². The van der Waals surface area contributed by atoms with Crippen molar-refractivity contribution in [3.63, 3.8) is 0 Å². The summed E-state index contributed by atoms with van der Waals surface area (Å²) >= 11 is 12.3. The van der Waals surface area contributed by atoms with Gasteiger partial charge in [-0.25, -0.2) is 9.97 Å². The lowest BCUT2D eigenvalue weighted by molar-refractivity contribution is 0.836. The molecule has 5 heteroatoms. The molecule has 1 heterocycles. The minimum absolute atomic E-state index is 0.274. The zero-order valence-corrected chi connectivity index (χ0v) is 12.5. The molecule has 0 aliphatic carbocycles. The summed E-state index contributed by atoms with van der Waals surface area (Å²) < 4.78 is 0. The van der Waals surface area contributed by atoms with Crippen molar-refractivity contribution in [3.05, 3.63) is 39.5 Å². The molecule has 3 nitrogen and oxygen atoms in total. The van der Waals surface area contributed by atoms with Crippen LogP contribution in [-0.2, 0) is 0 Å². The van der Waals surface area contributed by atoms with Crippen molar-refractivity contribution in [1.29, 1.82) is 0 Å². The van der Waals surface area contributed by atoms with Gasteiger partial charge >= 0.3 is 0 Å². The predicted octanol–water partition coefficient (Wildman–Crippen LogP) is 4.46. The predicted molar refractivity (Wildman–Crippen MR) is 80.7 cm³/mol. The molecule has 0 fully saturated rings. The summed E-state index contributed by atoms with van der Waals surface area (Å²) in [5.41, 5.74) is 8.46. The zero-order valence-electron chi connectivity index (χ0n) is 11.0. The molecule has 0 spiro atoms. The average molecular weight is 296 g/mol. The molecule has 0 radical (unpaired) electrons. The second kappa shape index (κ2) is 5.35. The third-order valence-electron chi connectivity index (χ3n) is 2.93. The Morgan fingerprint density at radius 2 is 1.68 bits per heavy atom. The number of nitrogen functional groups attached to an aromatic ring is 1. The normalized spacial score (nSPS) is 11.1. The molecular formula is C14H15Cl2N3. The number of aromatic nitrogens is 2. The zero-order chi connectivity index (χ0) is 14.2. The molecule has 2 aromatic rings. The molecule has 1 aromatic heterocycles. The number of benzene rings is 1. The Morgan fingerprint density at radius 1 is 1.11 bits per heavy atom.